The highest BCUT2D eigenvalue weighted by Crippen LogP contribution is 2.30. The van der Waals surface area contributed by atoms with Gasteiger partial charge in [-0.15, -0.1) is 0 Å². The Balaban J connectivity index is 1.73. The number of hydrogen-bond donors (Lipinski definition) is 4. The van der Waals surface area contributed by atoms with Crippen LogP contribution in [-0.2, 0) is 12.8 Å². The zero-order valence-electron chi connectivity index (χ0n) is 18.4. The third-order valence-corrected chi connectivity index (χ3v) is 5.31. The molecule has 0 radical (unpaired) electrons. The molecule has 4 rings (SSSR count). The van der Waals surface area contributed by atoms with E-state index in [1.54, 1.807) is 17.6 Å². The average Bonchev–Trinajstić information content (AvgIpc) is 3.24. The molecule has 33 heavy (non-hydrogen) atoms. The lowest BCUT2D eigenvalue weighted by molar-refractivity contribution is 0.0706. The average molecular weight is 447 g/mol. The Hall–Kier alpha value is -3.98. The quantitative estimate of drug-likeness (QED) is 0.242. The maximum absolute atomic E-state index is 12.7. The second-order valence-corrected chi connectivity index (χ2v) is 7.64. The number of rotatable bonds is 8. The lowest BCUT2D eigenvalue weighted by atomic mass is 10.0. The minimum absolute atomic E-state index is 0.282. The van der Waals surface area contributed by atoms with Crippen LogP contribution >= 0.6 is 0 Å². The molecule has 0 aliphatic heterocycles. The Bertz CT molecular complexity index is 1340. The number of ether oxygens (including phenoxy) is 1. The van der Waals surface area contributed by atoms with Gasteiger partial charge in [0.15, 0.2) is 0 Å². The molecule has 9 heteroatoms. The van der Waals surface area contributed by atoms with E-state index in [4.69, 9.17) is 14.9 Å². The van der Waals surface area contributed by atoms with Crippen LogP contribution in [0.1, 0.15) is 47.4 Å². The maximum atomic E-state index is 12.7. The van der Waals surface area contributed by atoms with Crippen molar-refractivity contribution in [1.82, 2.24) is 25.6 Å². The number of aromatic nitrogens is 4. The van der Waals surface area contributed by atoms with Gasteiger partial charge in [-0.1, -0.05) is 31.5 Å². The Morgan fingerprint density at radius 3 is 2.58 bits per heavy atom. The Kier molecular flexibility index (Phi) is 6.50. The molecule has 0 saturated heterocycles. The predicted molar refractivity (Wildman–Crippen MR) is 124 cm³/mol. The van der Waals surface area contributed by atoms with Gasteiger partial charge in [0.25, 0.3) is 11.5 Å². The zero-order valence-corrected chi connectivity index (χ0v) is 18.4. The van der Waals surface area contributed by atoms with Crippen molar-refractivity contribution in [1.29, 1.82) is 0 Å². The fraction of sp³-hybridized carbons (Fsp3) is 0.250. The number of nitrogens with one attached hydrogen (secondary N) is 3. The van der Waals surface area contributed by atoms with E-state index in [1.165, 1.54) is 0 Å². The van der Waals surface area contributed by atoms with Crippen LogP contribution in [0, 0.1) is 0 Å². The number of hydroxylamine groups is 1. The molecule has 0 saturated carbocycles. The number of carbonyl (C=O) groups excluding carboxylic acids is 1. The Morgan fingerprint density at radius 2 is 1.88 bits per heavy atom. The zero-order chi connectivity index (χ0) is 23.4. The van der Waals surface area contributed by atoms with Crippen molar-refractivity contribution >= 4 is 16.9 Å². The van der Waals surface area contributed by atoms with Crippen molar-refractivity contribution in [2.75, 3.05) is 6.61 Å². The van der Waals surface area contributed by atoms with Gasteiger partial charge in [0, 0.05) is 5.56 Å². The number of nitrogens with zero attached hydrogens (tertiary/aromatic N) is 2. The minimum atomic E-state index is -0.558. The summed E-state index contributed by atoms with van der Waals surface area (Å²) in [5.74, 6) is 0.489. The Labute approximate surface area is 189 Å². The van der Waals surface area contributed by atoms with E-state index in [-0.39, 0.29) is 5.56 Å². The van der Waals surface area contributed by atoms with Crippen LogP contribution in [0.5, 0.6) is 5.75 Å². The molecule has 0 aliphatic carbocycles. The van der Waals surface area contributed by atoms with Gasteiger partial charge in [-0.25, -0.2) is 10.5 Å². The second-order valence-electron chi connectivity index (χ2n) is 7.64. The number of carbonyl (C=O) groups is 1. The number of benzene rings is 2. The molecule has 4 N–H and O–H groups in total. The van der Waals surface area contributed by atoms with Gasteiger partial charge in [0.05, 0.1) is 17.9 Å². The van der Waals surface area contributed by atoms with E-state index in [0.717, 1.165) is 29.7 Å². The summed E-state index contributed by atoms with van der Waals surface area (Å²) in [5, 5.41) is 15.8. The van der Waals surface area contributed by atoms with Gasteiger partial charge in [0.2, 0.25) is 0 Å². The van der Waals surface area contributed by atoms with Crippen molar-refractivity contribution in [3.05, 3.63) is 75.2 Å². The minimum Gasteiger partial charge on any atom is -0.493 e. The summed E-state index contributed by atoms with van der Waals surface area (Å²) in [6.07, 6.45) is 2.21. The fourth-order valence-corrected chi connectivity index (χ4v) is 3.73. The van der Waals surface area contributed by atoms with Gasteiger partial charge in [-0.2, -0.15) is 5.10 Å². The molecular formula is C24H25N5O4. The number of H-pyrrole nitrogens is 2. The topological polar surface area (TPSA) is 133 Å². The third kappa shape index (κ3) is 4.63. The first-order chi connectivity index (χ1) is 16.0. The molecule has 0 unspecified atom stereocenters. The van der Waals surface area contributed by atoms with Crippen LogP contribution < -0.4 is 15.8 Å². The van der Waals surface area contributed by atoms with Crippen LogP contribution in [0.2, 0.25) is 0 Å². The normalized spacial score (nSPS) is 11.0. The highest BCUT2D eigenvalue weighted by molar-refractivity contribution is 5.93. The van der Waals surface area contributed by atoms with Crippen LogP contribution in [0.15, 0.2) is 47.3 Å². The van der Waals surface area contributed by atoms with Gasteiger partial charge < -0.3 is 9.72 Å². The van der Waals surface area contributed by atoms with E-state index in [9.17, 15) is 9.59 Å². The molecule has 0 bridgehead atoms. The third-order valence-electron chi connectivity index (χ3n) is 5.31. The summed E-state index contributed by atoms with van der Waals surface area (Å²) in [4.78, 5) is 31.8. The molecule has 0 fully saturated rings. The first-order valence-corrected chi connectivity index (χ1v) is 10.8. The molecule has 0 spiro atoms. The van der Waals surface area contributed by atoms with Gasteiger partial charge in [-0.3, -0.25) is 19.9 Å². The fourth-order valence-electron chi connectivity index (χ4n) is 3.73. The molecule has 2 aromatic carbocycles. The molecular weight excluding hydrogens is 422 g/mol. The van der Waals surface area contributed by atoms with Gasteiger partial charge in [0.1, 0.15) is 22.6 Å². The summed E-state index contributed by atoms with van der Waals surface area (Å²) in [7, 11) is 0. The van der Waals surface area contributed by atoms with E-state index in [1.807, 2.05) is 44.2 Å². The number of aryl methyl sites for hydroxylation is 1. The predicted octanol–water partition coefficient (Wildman–Crippen LogP) is 3.37. The van der Waals surface area contributed by atoms with Crippen LogP contribution in [-0.4, -0.2) is 37.9 Å². The lowest BCUT2D eigenvalue weighted by Crippen LogP contribution is -2.18. The molecule has 0 atom stereocenters. The van der Waals surface area contributed by atoms with E-state index >= 15 is 0 Å². The van der Waals surface area contributed by atoms with Gasteiger partial charge >= 0.3 is 0 Å². The van der Waals surface area contributed by atoms with Crippen molar-refractivity contribution in [3.8, 4) is 17.1 Å². The number of fused-ring (bicyclic) bond motifs is 1. The summed E-state index contributed by atoms with van der Waals surface area (Å²) in [5.41, 5.74) is 6.06. The molecule has 2 heterocycles. The van der Waals surface area contributed by atoms with Crippen LogP contribution in [0.3, 0.4) is 0 Å². The van der Waals surface area contributed by atoms with Crippen LogP contribution in [0.25, 0.3) is 22.4 Å². The van der Waals surface area contributed by atoms with Crippen LogP contribution in [0.4, 0.5) is 0 Å². The standard InChI is InChI=1S/C24H25N5O4/c1-3-5-18-20-21(28-27-18)24(31)26-22(25-20)17-13-15(8-11-19(17)33-4-2)12-14-6-9-16(10-7-14)23(30)29-32/h6-11,13,32H,3-5,12H2,1-2H3,(H,27,28)(H,29,30)(H,25,26,31). The molecule has 1 amide bonds. The first-order valence-electron chi connectivity index (χ1n) is 10.8. The summed E-state index contributed by atoms with van der Waals surface area (Å²) < 4.78 is 5.81. The molecule has 4 aromatic rings. The van der Waals surface area contributed by atoms with Crippen molar-refractivity contribution in [2.45, 2.75) is 33.1 Å². The Morgan fingerprint density at radius 1 is 1.12 bits per heavy atom. The highest BCUT2D eigenvalue weighted by atomic mass is 16.5. The van der Waals surface area contributed by atoms with Crippen molar-refractivity contribution in [2.24, 2.45) is 0 Å². The SMILES string of the molecule is CCCc1n[nH]c2c(=O)[nH]c(-c3cc(Cc4ccc(C(=O)NO)cc4)ccc3OCC)nc12. The molecule has 9 nitrogen and oxygen atoms in total. The van der Waals surface area contributed by atoms with E-state index in [0.29, 0.717) is 46.8 Å². The number of amides is 1. The smallest absolute Gasteiger partial charge is 0.277 e. The summed E-state index contributed by atoms with van der Waals surface area (Å²) in [6.45, 7) is 4.42. The molecule has 0 aliphatic rings. The first kappa shape index (κ1) is 22.2. The largest absolute Gasteiger partial charge is 0.493 e. The molecule has 2 aromatic heterocycles. The summed E-state index contributed by atoms with van der Waals surface area (Å²) in [6, 6.07) is 12.7. The summed E-state index contributed by atoms with van der Waals surface area (Å²) >= 11 is 0. The number of hydrogen-bond acceptors (Lipinski definition) is 6. The van der Waals surface area contributed by atoms with E-state index in [2.05, 4.69) is 15.2 Å². The maximum Gasteiger partial charge on any atom is 0.277 e. The number of aromatic amines is 2. The second kappa shape index (κ2) is 9.66. The lowest BCUT2D eigenvalue weighted by Gasteiger charge is -2.12. The monoisotopic (exact) mass is 447 g/mol. The van der Waals surface area contributed by atoms with Crippen molar-refractivity contribution < 1.29 is 14.7 Å². The van der Waals surface area contributed by atoms with Crippen molar-refractivity contribution in [3.63, 3.8) is 0 Å². The van der Waals surface area contributed by atoms with E-state index < -0.39 is 5.91 Å². The molecule has 170 valence electrons. The highest BCUT2D eigenvalue weighted by Gasteiger charge is 2.16. The van der Waals surface area contributed by atoms with Gasteiger partial charge in [-0.05, 0) is 55.2 Å².